The van der Waals surface area contributed by atoms with E-state index >= 15 is 0 Å². The molecule has 0 aromatic carbocycles. The number of Topliss-reactive ketones (excluding diaryl/α,β-unsaturated/α-hetero) is 1. The molecule has 0 saturated carbocycles. The van der Waals surface area contributed by atoms with Crippen LogP contribution >= 0.6 is 0 Å². The Morgan fingerprint density at radius 3 is 2.20 bits per heavy atom. The van der Waals surface area contributed by atoms with E-state index in [4.69, 9.17) is 10.4 Å². The van der Waals surface area contributed by atoms with E-state index in [9.17, 15) is 9.59 Å². The zero-order valence-corrected chi connectivity index (χ0v) is 5.16. The quantitative estimate of drug-likeness (QED) is 0.403. The first-order valence-electron chi connectivity index (χ1n) is 2.28. The molecule has 0 bridgehead atoms. The van der Waals surface area contributed by atoms with Crippen LogP contribution < -0.4 is 0 Å². The van der Waals surface area contributed by atoms with E-state index in [0.717, 1.165) is 0 Å². The molecular weight excluding hydrogens is 136 g/mol. The zero-order valence-electron chi connectivity index (χ0n) is 5.16. The van der Waals surface area contributed by atoms with Crippen LogP contribution in [-0.4, -0.2) is 29.6 Å². The van der Waals surface area contributed by atoms with Crippen molar-refractivity contribution in [2.45, 2.75) is 0 Å². The molecule has 10 heavy (non-hydrogen) atoms. The Balaban J connectivity index is 4.54. The average molecular weight is 140 g/mol. The Morgan fingerprint density at radius 1 is 1.60 bits per heavy atom. The Hall–Kier alpha value is -1.70. The summed E-state index contributed by atoms with van der Waals surface area (Å²) in [7, 11) is 1.18. The van der Waals surface area contributed by atoms with E-state index in [1.807, 2.05) is 0 Å². The van der Waals surface area contributed by atoms with Gasteiger partial charge in [0.2, 0.25) is 0 Å². The largest absolute Gasteiger partial charge is 0.475 e. The minimum atomic E-state index is -1.66. The van der Waals surface area contributed by atoms with Gasteiger partial charge in [-0.1, -0.05) is 0 Å². The van der Waals surface area contributed by atoms with Crippen molar-refractivity contribution in [3.8, 4) is 6.07 Å². The normalized spacial score (nSPS) is 10.2. The fourth-order valence-corrected chi connectivity index (χ4v) is 0.304. The van der Waals surface area contributed by atoms with Crippen LogP contribution in [-0.2, 0) is 9.59 Å². The second-order valence-electron chi connectivity index (χ2n) is 1.32. The fraction of sp³-hybridized carbons (Fsp3) is 0.200. The minimum Gasteiger partial charge on any atom is -0.475 e. The summed E-state index contributed by atoms with van der Waals surface area (Å²) in [5.41, 5.74) is -0.590. The molecule has 0 aliphatic rings. The molecule has 0 rings (SSSR count). The first-order valence-corrected chi connectivity index (χ1v) is 2.28. The molecule has 0 atom stereocenters. The number of hydrogen-bond acceptors (Lipinski definition) is 4. The molecule has 0 aromatic rings. The molecule has 0 aliphatic carbocycles. The summed E-state index contributed by atoms with van der Waals surface area (Å²) >= 11 is 0. The van der Waals surface area contributed by atoms with Crippen molar-refractivity contribution in [1.82, 2.24) is 0 Å². The van der Waals surface area contributed by atoms with Gasteiger partial charge in [-0.15, -0.1) is 0 Å². The summed E-state index contributed by atoms with van der Waals surface area (Å²) in [6.07, 6.45) is 0. The van der Waals surface area contributed by atoms with Crippen molar-refractivity contribution < 1.29 is 14.7 Å². The maximum atomic E-state index is 10.4. The standard InChI is InChI=1S/C5H4N2O3/c1-7-3(2-6)4(8)5(9)10/h1H3,(H,9,10). The Labute approximate surface area is 56.6 Å². The van der Waals surface area contributed by atoms with Crippen LogP contribution in [0, 0.1) is 11.3 Å². The second-order valence-corrected chi connectivity index (χ2v) is 1.32. The molecule has 0 spiro atoms. The molecule has 52 valence electrons. The van der Waals surface area contributed by atoms with E-state index in [-0.39, 0.29) is 0 Å². The van der Waals surface area contributed by atoms with Crippen molar-refractivity contribution in [2.75, 3.05) is 7.05 Å². The molecule has 5 heteroatoms. The van der Waals surface area contributed by atoms with Gasteiger partial charge in [-0.3, -0.25) is 9.79 Å². The summed E-state index contributed by atoms with van der Waals surface area (Å²) in [6, 6.07) is 1.35. The Morgan fingerprint density at radius 2 is 2.10 bits per heavy atom. The van der Waals surface area contributed by atoms with Gasteiger partial charge < -0.3 is 5.11 Å². The molecule has 0 aromatic heterocycles. The summed E-state index contributed by atoms with van der Waals surface area (Å²) in [4.78, 5) is 23.4. The number of carbonyl (C=O) groups excluding carboxylic acids is 1. The smallest absolute Gasteiger partial charge is 0.379 e. The van der Waals surface area contributed by atoms with Gasteiger partial charge in [0.1, 0.15) is 6.07 Å². The van der Waals surface area contributed by atoms with Crippen molar-refractivity contribution in [1.29, 1.82) is 5.26 Å². The SMILES string of the molecule is CN=C(C#N)C(=O)C(=O)O. The van der Waals surface area contributed by atoms with Crippen LogP contribution in [0.15, 0.2) is 4.99 Å². The van der Waals surface area contributed by atoms with E-state index < -0.39 is 17.5 Å². The van der Waals surface area contributed by atoms with E-state index in [1.54, 1.807) is 0 Å². The highest BCUT2D eigenvalue weighted by Gasteiger charge is 2.17. The van der Waals surface area contributed by atoms with Crippen LogP contribution in [0.5, 0.6) is 0 Å². The van der Waals surface area contributed by atoms with Crippen molar-refractivity contribution in [2.24, 2.45) is 4.99 Å². The molecule has 1 N–H and O–H groups in total. The van der Waals surface area contributed by atoms with Crippen LogP contribution in [0.3, 0.4) is 0 Å². The third-order valence-electron chi connectivity index (χ3n) is 0.739. The monoisotopic (exact) mass is 140 g/mol. The lowest BCUT2D eigenvalue weighted by Crippen LogP contribution is -2.21. The van der Waals surface area contributed by atoms with Crippen molar-refractivity contribution in [3.05, 3.63) is 0 Å². The number of aliphatic imine (C=N–C) groups is 1. The molecule has 5 nitrogen and oxygen atoms in total. The minimum absolute atomic E-state index is 0.590. The number of ketones is 1. The topological polar surface area (TPSA) is 90.5 Å². The van der Waals surface area contributed by atoms with Crippen LogP contribution in [0.4, 0.5) is 0 Å². The first kappa shape index (κ1) is 8.30. The lowest BCUT2D eigenvalue weighted by atomic mass is 10.3. The number of rotatable bonds is 2. The summed E-state index contributed by atoms with van der Waals surface area (Å²) in [6.45, 7) is 0. The molecule has 0 radical (unpaired) electrons. The number of carboxylic acid groups (broad SMARTS) is 1. The lowest BCUT2D eigenvalue weighted by Gasteiger charge is -1.85. The Kier molecular flexibility index (Phi) is 2.78. The van der Waals surface area contributed by atoms with Gasteiger partial charge in [0.15, 0.2) is 5.71 Å². The molecule has 0 unspecified atom stereocenters. The maximum Gasteiger partial charge on any atom is 0.379 e. The van der Waals surface area contributed by atoms with E-state index in [2.05, 4.69) is 4.99 Å². The molecular formula is C5H4N2O3. The second kappa shape index (κ2) is 3.35. The predicted octanol–water partition coefficient (Wildman–Crippen LogP) is -0.766. The third kappa shape index (κ3) is 1.67. The number of nitrogens with zero attached hydrogens (tertiary/aromatic N) is 2. The van der Waals surface area contributed by atoms with Gasteiger partial charge in [0.25, 0.3) is 5.78 Å². The molecule has 0 aliphatic heterocycles. The highest BCUT2D eigenvalue weighted by atomic mass is 16.4. The van der Waals surface area contributed by atoms with Gasteiger partial charge in [-0.2, -0.15) is 5.26 Å². The van der Waals surface area contributed by atoms with Gasteiger partial charge in [0.05, 0.1) is 0 Å². The maximum absolute atomic E-state index is 10.4. The molecule has 0 amide bonds. The van der Waals surface area contributed by atoms with Gasteiger partial charge >= 0.3 is 5.97 Å². The number of aliphatic carboxylic acids is 1. The van der Waals surface area contributed by atoms with Crippen LogP contribution in [0.25, 0.3) is 0 Å². The number of carbonyl (C=O) groups is 2. The van der Waals surface area contributed by atoms with Crippen molar-refractivity contribution in [3.63, 3.8) is 0 Å². The highest BCUT2D eigenvalue weighted by Crippen LogP contribution is 1.78. The molecule has 0 fully saturated rings. The van der Waals surface area contributed by atoms with Crippen molar-refractivity contribution >= 4 is 17.5 Å². The molecule has 0 saturated heterocycles. The van der Waals surface area contributed by atoms with Gasteiger partial charge in [-0.25, -0.2) is 4.79 Å². The van der Waals surface area contributed by atoms with E-state index in [0.29, 0.717) is 0 Å². The average Bonchev–Trinajstić information content (AvgIpc) is 1.90. The van der Waals surface area contributed by atoms with E-state index in [1.165, 1.54) is 13.1 Å². The fourth-order valence-electron chi connectivity index (χ4n) is 0.304. The highest BCUT2D eigenvalue weighted by molar-refractivity contribution is 6.66. The summed E-state index contributed by atoms with van der Waals surface area (Å²) in [5.74, 6) is -2.94. The number of carboxylic acids is 1. The number of nitriles is 1. The summed E-state index contributed by atoms with van der Waals surface area (Å²) < 4.78 is 0. The van der Waals surface area contributed by atoms with Gasteiger partial charge in [-0.05, 0) is 0 Å². The predicted molar refractivity (Wildman–Crippen MR) is 31.6 cm³/mol. The lowest BCUT2D eigenvalue weighted by molar-refractivity contribution is -0.145. The summed E-state index contributed by atoms with van der Waals surface area (Å²) in [5, 5.41) is 16.1. The van der Waals surface area contributed by atoms with Crippen LogP contribution in [0.1, 0.15) is 0 Å². The van der Waals surface area contributed by atoms with Crippen LogP contribution in [0.2, 0.25) is 0 Å². The van der Waals surface area contributed by atoms with Gasteiger partial charge in [0, 0.05) is 7.05 Å². The molecule has 0 heterocycles. The zero-order chi connectivity index (χ0) is 8.15. The third-order valence-corrected chi connectivity index (χ3v) is 0.739. The first-order chi connectivity index (χ1) is 4.63. The number of hydrogen-bond donors (Lipinski definition) is 1. The Bertz CT molecular complexity index is 236.